The van der Waals surface area contributed by atoms with Crippen molar-refractivity contribution in [2.75, 3.05) is 25.3 Å². The number of sulfone groups is 1. The maximum Gasteiger partial charge on any atom is 0.226 e. The molecule has 0 fully saturated rings. The minimum Gasteiger partial charge on any atom is -0.361 e. The van der Waals surface area contributed by atoms with Crippen molar-refractivity contribution in [3.63, 3.8) is 0 Å². The topological polar surface area (TPSA) is 81.0 Å². The van der Waals surface area contributed by atoms with Gasteiger partial charge in [-0.25, -0.2) is 18.4 Å². The molecule has 2 aromatic heterocycles. The predicted octanol–water partition coefficient (Wildman–Crippen LogP) is 3.31. The Kier molecular flexibility index (Phi) is 4.51. The van der Waals surface area contributed by atoms with Crippen LogP contribution in [0.15, 0.2) is 52.4 Å². The highest BCUT2D eigenvalue weighted by atomic mass is 32.2. The molecule has 2 aromatic carbocycles. The summed E-state index contributed by atoms with van der Waals surface area (Å²) in [4.78, 5) is 10.9. The van der Waals surface area contributed by atoms with E-state index in [1.165, 1.54) is 16.0 Å². The molecule has 28 heavy (non-hydrogen) atoms. The van der Waals surface area contributed by atoms with E-state index >= 15 is 0 Å². The minimum absolute atomic E-state index is 0.0684. The molecule has 0 saturated carbocycles. The molecule has 4 aromatic rings. The van der Waals surface area contributed by atoms with E-state index in [1.807, 2.05) is 44.4 Å². The molecule has 4 rings (SSSR count). The van der Waals surface area contributed by atoms with Crippen molar-refractivity contribution >= 4 is 49.4 Å². The standard InChI is InChI=1S/C19H19N5O2S2/c1-12-20-17-16(18(21-12)23(2)3)22-24(27-4)19(17)28(25,26)15-10-9-13-7-5-6-8-14(13)11-15/h5-11H,1-4H3. The van der Waals surface area contributed by atoms with E-state index in [-0.39, 0.29) is 9.92 Å². The van der Waals surface area contributed by atoms with Gasteiger partial charge >= 0.3 is 0 Å². The zero-order valence-electron chi connectivity index (χ0n) is 15.9. The van der Waals surface area contributed by atoms with Gasteiger partial charge < -0.3 is 4.90 Å². The fraction of sp³-hybridized carbons (Fsp3) is 0.211. The fourth-order valence-corrected chi connectivity index (χ4v) is 5.46. The van der Waals surface area contributed by atoms with Gasteiger partial charge in [-0.3, -0.25) is 0 Å². The maximum absolute atomic E-state index is 13.6. The lowest BCUT2D eigenvalue weighted by atomic mass is 10.1. The fourth-order valence-electron chi connectivity index (χ4n) is 3.13. The van der Waals surface area contributed by atoms with Gasteiger partial charge in [0.25, 0.3) is 0 Å². The van der Waals surface area contributed by atoms with Gasteiger partial charge in [0.1, 0.15) is 11.3 Å². The lowest BCUT2D eigenvalue weighted by molar-refractivity contribution is 0.591. The number of nitrogens with zero attached hydrogens (tertiary/aromatic N) is 5. The SMILES string of the molecule is CSn1nc2c(N(C)C)nc(C)nc2c1S(=O)(=O)c1ccc2ccccc2c1. The third kappa shape index (κ3) is 2.91. The van der Waals surface area contributed by atoms with Gasteiger partial charge in [0.05, 0.1) is 4.90 Å². The van der Waals surface area contributed by atoms with E-state index in [4.69, 9.17) is 0 Å². The van der Waals surface area contributed by atoms with E-state index in [2.05, 4.69) is 15.1 Å². The van der Waals surface area contributed by atoms with Crippen LogP contribution in [0, 0.1) is 6.92 Å². The van der Waals surface area contributed by atoms with Gasteiger partial charge in [-0.2, -0.15) is 9.19 Å². The number of anilines is 1. The van der Waals surface area contributed by atoms with Crippen LogP contribution in [0.5, 0.6) is 0 Å². The van der Waals surface area contributed by atoms with Gasteiger partial charge in [0, 0.05) is 20.4 Å². The number of aryl methyl sites for hydroxylation is 1. The van der Waals surface area contributed by atoms with Gasteiger partial charge in [-0.1, -0.05) is 30.3 Å². The highest BCUT2D eigenvalue weighted by molar-refractivity contribution is 7.98. The van der Waals surface area contributed by atoms with Crippen molar-refractivity contribution in [3.8, 4) is 0 Å². The summed E-state index contributed by atoms with van der Waals surface area (Å²) in [5, 5.41) is 6.40. The average Bonchev–Trinajstić information content (AvgIpc) is 3.05. The molecule has 0 saturated heterocycles. The van der Waals surface area contributed by atoms with Crippen LogP contribution in [0.3, 0.4) is 0 Å². The Hall–Kier alpha value is -2.65. The van der Waals surface area contributed by atoms with Crippen LogP contribution in [-0.4, -0.2) is 47.9 Å². The quantitative estimate of drug-likeness (QED) is 0.508. The smallest absolute Gasteiger partial charge is 0.226 e. The Morgan fingerprint density at radius 2 is 1.71 bits per heavy atom. The normalized spacial score (nSPS) is 12.0. The van der Waals surface area contributed by atoms with Gasteiger partial charge in [0.2, 0.25) is 9.84 Å². The molecule has 0 aliphatic rings. The number of benzene rings is 2. The van der Waals surface area contributed by atoms with E-state index in [1.54, 1.807) is 30.2 Å². The Labute approximate surface area is 167 Å². The summed E-state index contributed by atoms with van der Waals surface area (Å²) in [5.74, 6) is 1.08. The molecule has 0 atom stereocenters. The van der Waals surface area contributed by atoms with Crippen molar-refractivity contribution in [2.45, 2.75) is 16.8 Å². The molecule has 0 amide bonds. The largest absolute Gasteiger partial charge is 0.361 e. The van der Waals surface area contributed by atoms with Crippen LogP contribution in [-0.2, 0) is 9.84 Å². The third-order valence-electron chi connectivity index (χ3n) is 4.43. The van der Waals surface area contributed by atoms with Crippen LogP contribution >= 0.6 is 11.9 Å². The van der Waals surface area contributed by atoms with Gasteiger partial charge in [-0.05, 0) is 41.8 Å². The Morgan fingerprint density at radius 3 is 2.39 bits per heavy atom. The molecule has 2 heterocycles. The van der Waals surface area contributed by atoms with Crippen LogP contribution in [0.1, 0.15) is 5.82 Å². The third-order valence-corrected chi connectivity index (χ3v) is 6.90. The first kappa shape index (κ1) is 18.7. The van der Waals surface area contributed by atoms with Gasteiger partial charge in [-0.15, -0.1) is 0 Å². The zero-order valence-corrected chi connectivity index (χ0v) is 17.5. The number of aromatic nitrogens is 4. The summed E-state index contributed by atoms with van der Waals surface area (Å²) in [7, 11) is -0.157. The molecule has 144 valence electrons. The highest BCUT2D eigenvalue weighted by Crippen LogP contribution is 2.33. The molecule has 7 nitrogen and oxygen atoms in total. The van der Waals surface area contributed by atoms with E-state index in [0.29, 0.717) is 22.7 Å². The zero-order chi connectivity index (χ0) is 20.1. The van der Waals surface area contributed by atoms with Crippen LogP contribution < -0.4 is 4.90 Å². The predicted molar refractivity (Wildman–Crippen MR) is 113 cm³/mol. The monoisotopic (exact) mass is 413 g/mol. The minimum atomic E-state index is -3.84. The second-order valence-corrected chi connectivity index (χ2v) is 9.14. The molecule has 0 spiro atoms. The van der Waals surface area contributed by atoms with Crippen molar-refractivity contribution < 1.29 is 8.42 Å². The molecule has 9 heteroatoms. The van der Waals surface area contributed by atoms with Crippen LogP contribution in [0.25, 0.3) is 21.8 Å². The summed E-state index contributed by atoms with van der Waals surface area (Å²) in [6.07, 6.45) is 1.78. The molecule has 0 radical (unpaired) electrons. The Morgan fingerprint density at radius 1 is 1.00 bits per heavy atom. The summed E-state index contributed by atoms with van der Waals surface area (Å²) in [6.45, 7) is 1.75. The molecule has 0 aliphatic heterocycles. The average molecular weight is 414 g/mol. The lowest BCUT2D eigenvalue weighted by Gasteiger charge is -2.11. The van der Waals surface area contributed by atoms with E-state index < -0.39 is 9.84 Å². The second kappa shape index (κ2) is 6.75. The van der Waals surface area contributed by atoms with Gasteiger partial charge in [0.15, 0.2) is 16.4 Å². The molecular weight excluding hydrogens is 394 g/mol. The molecule has 0 unspecified atom stereocenters. The summed E-state index contributed by atoms with van der Waals surface area (Å²) in [6, 6.07) is 12.8. The molecule has 0 bridgehead atoms. The van der Waals surface area contributed by atoms with Crippen molar-refractivity contribution in [1.29, 1.82) is 0 Å². The van der Waals surface area contributed by atoms with E-state index in [9.17, 15) is 8.42 Å². The van der Waals surface area contributed by atoms with Crippen molar-refractivity contribution in [1.82, 2.24) is 19.2 Å². The van der Waals surface area contributed by atoms with Crippen molar-refractivity contribution in [3.05, 3.63) is 48.3 Å². The first-order valence-corrected chi connectivity index (χ1v) is 11.2. The summed E-state index contributed by atoms with van der Waals surface area (Å²) in [5.41, 5.74) is 0.794. The highest BCUT2D eigenvalue weighted by Gasteiger charge is 2.30. The molecule has 0 aliphatic carbocycles. The summed E-state index contributed by atoms with van der Waals surface area (Å²) < 4.78 is 28.6. The lowest BCUT2D eigenvalue weighted by Crippen LogP contribution is -2.12. The first-order chi connectivity index (χ1) is 13.3. The summed E-state index contributed by atoms with van der Waals surface area (Å²) >= 11 is 1.21. The second-order valence-electron chi connectivity index (χ2n) is 6.56. The first-order valence-electron chi connectivity index (χ1n) is 8.56. The van der Waals surface area contributed by atoms with Crippen LogP contribution in [0.2, 0.25) is 0 Å². The molecular formula is C19H19N5O2S2. The Bertz CT molecular complexity index is 1310. The number of fused-ring (bicyclic) bond motifs is 2. The van der Waals surface area contributed by atoms with E-state index in [0.717, 1.165) is 10.8 Å². The Balaban J connectivity index is 2.03. The number of hydrogen-bond acceptors (Lipinski definition) is 7. The maximum atomic E-state index is 13.6. The molecule has 0 N–H and O–H groups in total. The number of rotatable bonds is 4. The van der Waals surface area contributed by atoms with Crippen molar-refractivity contribution in [2.24, 2.45) is 0 Å². The van der Waals surface area contributed by atoms with Crippen LogP contribution in [0.4, 0.5) is 5.82 Å². The number of hydrogen-bond donors (Lipinski definition) is 0.